The molecule has 1 atom stereocenters. The van der Waals surface area contributed by atoms with Gasteiger partial charge in [-0.3, -0.25) is 9.59 Å². The van der Waals surface area contributed by atoms with E-state index in [1.54, 1.807) is 50.4 Å². The van der Waals surface area contributed by atoms with Crippen molar-refractivity contribution in [2.45, 2.75) is 26.3 Å². The van der Waals surface area contributed by atoms with Crippen LogP contribution in [0, 0.1) is 0 Å². The summed E-state index contributed by atoms with van der Waals surface area (Å²) in [4.78, 5) is 31.7. The van der Waals surface area contributed by atoms with Crippen molar-refractivity contribution < 1.29 is 34.0 Å². The number of aliphatic hydroxyl groups excluding tert-OH is 1. The van der Waals surface area contributed by atoms with Gasteiger partial charge in [0.05, 0.1) is 31.9 Å². The molecule has 3 aromatic carbocycles. The monoisotopic (exact) mass is 556 g/mol. The molecule has 1 saturated heterocycles. The summed E-state index contributed by atoms with van der Waals surface area (Å²) in [6, 6.07) is 16.2. The molecule has 1 unspecified atom stereocenters. The van der Waals surface area contributed by atoms with Crippen LogP contribution < -0.4 is 14.2 Å². The molecule has 9 nitrogen and oxygen atoms in total. The van der Waals surface area contributed by atoms with E-state index in [4.69, 9.17) is 14.2 Å². The Bertz CT molecular complexity index is 1620. The molecule has 212 valence electrons. The third-order valence-corrected chi connectivity index (χ3v) is 7.17. The molecule has 1 aliphatic rings. The number of rotatable bonds is 10. The number of ketones is 1. The number of aromatic amines is 1. The van der Waals surface area contributed by atoms with E-state index in [1.165, 1.54) is 11.0 Å². The molecule has 0 saturated carbocycles. The number of aromatic nitrogens is 1. The van der Waals surface area contributed by atoms with Crippen molar-refractivity contribution in [2.24, 2.45) is 0 Å². The number of phenols is 1. The number of Topliss-reactive ketones (excluding diaryl/α,β-unsaturated/α-hetero) is 1. The van der Waals surface area contributed by atoms with E-state index in [0.29, 0.717) is 42.3 Å². The highest BCUT2D eigenvalue weighted by Crippen LogP contribution is 2.42. The van der Waals surface area contributed by atoms with Crippen molar-refractivity contribution in [3.05, 3.63) is 89.1 Å². The number of likely N-dealkylation sites (tertiary alicyclic amines) is 1. The topological polar surface area (TPSA) is 121 Å². The van der Waals surface area contributed by atoms with E-state index in [9.17, 15) is 19.8 Å². The number of phenolic OH excluding ortho intramolecular Hbond substituents is 1. The van der Waals surface area contributed by atoms with Crippen molar-refractivity contribution in [2.75, 3.05) is 26.9 Å². The van der Waals surface area contributed by atoms with Gasteiger partial charge in [0.25, 0.3) is 11.7 Å². The number of ether oxygens (including phenoxy) is 3. The predicted octanol–water partition coefficient (Wildman–Crippen LogP) is 5.34. The van der Waals surface area contributed by atoms with Gasteiger partial charge in [0, 0.05) is 29.2 Å². The fourth-order valence-corrected chi connectivity index (χ4v) is 5.19. The summed E-state index contributed by atoms with van der Waals surface area (Å²) in [6.45, 7) is 4.66. The average molecular weight is 557 g/mol. The Labute approximate surface area is 237 Å². The first-order chi connectivity index (χ1) is 19.9. The molecule has 2 heterocycles. The van der Waals surface area contributed by atoms with E-state index < -0.39 is 17.7 Å². The van der Waals surface area contributed by atoms with E-state index in [-0.39, 0.29) is 29.4 Å². The second-order valence-corrected chi connectivity index (χ2v) is 9.59. The normalized spacial score (nSPS) is 16.4. The van der Waals surface area contributed by atoms with Crippen LogP contribution in [0.25, 0.3) is 16.7 Å². The number of aromatic hydroxyl groups is 1. The zero-order valence-corrected chi connectivity index (χ0v) is 23.1. The van der Waals surface area contributed by atoms with E-state index >= 15 is 0 Å². The Morgan fingerprint density at radius 3 is 2.39 bits per heavy atom. The molecule has 0 aliphatic carbocycles. The number of methoxy groups -OCH3 is 1. The maximum atomic E-state index is 13.5. The lowest BCUT2D eigenvalue weighted by molar-refractivity contribution is -0.139. The van der Waals surface area contributed by atoms with Gasteiger partial charge >= 0.3 is 0 Å². The fraction of sp³-hybridized carbons (Fsp3) is 0.250. The van der Waals surface area contributed by atoms with E-state index in [0.717, 1.165) is 16.5 Å². The van der Waals surface area contributed by atoms with Gasteiger partial charge in [-0.1, -0.05) is 6.07 Å². The fourth-order valence-electron chi connectivity index (χ4n) is 5.19. The molecule has 0 radical (unpaired) electrons. The molecule has 1 aromatic heterocycles. The highest BCUT2D eigenvalue weighted by molar-refractivity contribution is 6.46. The van der Waals surface area contributed by atoms with Crippen LogP contribution in [0.5, 0.6) is 23.0 Å². The van der Waals surface area contributed by atoms with Crippen LogP contribution in [0.4, 0.5) is 0 Å². The maximum Gasteiger partial charge on any atom is 0.295 e. The van der Waals surface area contributed by atoms with E-state index in [1.807, 2.05) is 31.3 Å². The molecule has 3 N–H and O–H groups in total. The summed E-state index contributed by atoms with van der Waals surface area (Å²) in [5, 5.41) is 22.7. The third-order valence-electron chi connectivity index (χ3n) is 7.17. The van der Waals surface area contributed by atoms with Crippen LogP contribution in [-0.4, -0.2) is 58.7 Å². The molecular formula is C32H32N2O7. The van der Waals surface area contributed by atoms with Gasteiger partial charge in [-0.05, 0) is 86.0 Å². The molecule has 1 fully saturated rings. The first-order valence-corrected chi connectivity index (χ1v) is 13.5. The SMILES string of the molecule is CCOc1ccc(/C(O)=C2/C(=O)C(=O)N(CCc3c[nH]c4ccc(OC)cc34)C2c2ccc(O)c(OCC)c2)cc1. The first-order valence-electron chi connectivity index (χ1n) is 13.5. The van der Waals surface area contributed by atoms with Crippen LogP contribution >= 0.6 is 0 Å². The zero-order chi connectivity index (χ0) is 29.1. The number of aliphatic hydroxyl groups is 1. The number of nitrogens with zero attached hydrogens (tertiary/aromatic N) is 1. The Morgan fingerprint density at radius 2 is 1.68 bits per heavy atom. The van der Waals surface area contributed by atoms with Crippen LogP contribution in [0.3, 0.4) is 0 Å². The molecule has 0 spiro atoms. The maximum absolute atomic E-state index is 13.5. The molecule has 4 aromatic rings. The summed E-state index contributed by atoms with van der Waals surface area (Å²) in [5.74, 6) is -0.300. The number of benzene rings is 3. The standard InChI is InChI=1S/C32H32N2O7/c1-4-40-22-9-6-19(7-10-22)30(36)28-29(20-8-13-26(35)27(16-20)41-5-2)34(32(38)31(28)37)15-14-21-18-33-25-12-11-23(39-3)17-24(21)25/h6-13,16-18,29,33,35-36H,4-5,14-15H2,1-3H3/b30-28-. The van der Waals surface area contributed by atoms with Crippen LogP contribution in [-0.2, 0) is 16.0 Å². The van der Waals surface area contributed by atoms with Gasteiger partial charge in [0.1, 0.15) is 17.3 Å². The lowest BCUT2D eigenvalue weighted by atomic mass is 9.94. The number of hydrogen-bond acceptors (Lipinski definition) is 7. The van der Waals surface area contributed by atoms with E-state index in [2.05, 4.69) is 4.98 Å². The second-order valence-electron chi connectivity index (χ2n) is 9.59. The molecule has 5 rings (SSSR count). The first kappa shape index (κ1) is 27.6. The zero-order valence-electron chi connectivity index (χ0n) is 23.1. The number of carbonyl (C=O) groups is 2. The number of hydrogen-bond donors (Lipinski definition) is 3. The number of H-pyrrole nitrogens is 1. The van der Waals surface area contributed by atoms with Gasteiger partial charge in [-0.15, -0.1) is 0 Å². The minimum Gasteiger partial charge on any atom is -0.507 e. The highest BCUT2D eigenvalue weighted by atomic mass is 16.5. The molecule has 9 heteroatoms. The van der Waals surface area contributed by atoms with Gasteiger partial charge < -0.3 is 34.3 Å². The molecular weight excluding hydrogens is 524 g/mol. The highest BCUT2D eigenvalue weighted by Gasteiger charge is 2.46. The number of nitrogens with one attached hydrogen (secondary N) is 1. The lowest BCUT2D eigenvalue weighted by Crippen LogP contribution is -2.31. The molecule has 1 aliphatic heterocycles. The summed E-state index contributed by atoms with van der Waals surface area (Å²) in [6.07, 6.45) is 2.32. The van der Waals surface area contributed by atoms with Crippen LogP contribution in [0.2, 0.25) is 0 Å². The lowest BCUT2D eigenvalue weighted by Gasteiger charge is -2.26. The number of amides is 1. The van der Waals surface area contributed by atoms with Crippen molar-refractivity contribution in [3.8, 4) is 23.0 Å². The molecule has 1 amide bonds. The number of fused-ring (bicyclic) bond motifs is 1. The Balaban J connectivity index is 1.57. The summed E-state index contributed by atoms with van der Waals surface area (Å²) >= 11 is 0. The Kier molecular flexibility index (Phi) is 7.87. The van der Waals surface area contributed by atoms with Gasteiger partial charge in [0.15, 0.2) is 11.5 Å². The predicted molar refractivity (Wildman–Crippen MR) is 154 cm³/mol. The third kappa shape index (κ3) is 5.30. The molecule has 41 heavy (non-hydrogen) atoms. The van der Waals surface area contributed by atoms with Gasteiger partial charge in [0.2, 0.25) is 0 Å². The Morgan fingerprint density at radius 1 is 0.951 bits per heavy atom. The van der Waals surface area contributed by atoms with Crippen molar-refractivity contribution in [3.63, 3.8) is 0 Å². The van der Waals surface area contributed by atoms with Crippen molar-refractivity contribution in [1.82, 2.24) is 9.88 Å². The largest absolute Gasteiger partial charge is 0.507 e. The van der Waals surface area contributed by atoms with Crippen molar-refractivity contribution in [1.29, 1.82) is 0 Å². The van der Waals surface area contributed by atoms with Gasteiger partial charge in [-0.2, -0.15) is 0 Å². The smallest absolute Gasteiger partial charge is 0.295 e. The Hall–Kier alpha value is -4.92. The summed E-state index contributed by atoms with van der Waals surface area (Å²) in [7, 11) is 1.60. The minimum atomic E-state index is -0.902. The quantitative estimate of drug-likeness (QED) is 0.137. The van der Waals surface area contributed by atoms with Crippen LogP contribution in [0.15, 0.2) is 72.4 Å². The molecule has 0 bridgehead atoms. The van der Waals surface area contributed by atoms with Crippen molar-refractivity contribution >= 4 is 28.4 Å². The minimum absolute atomic E-state index is 0.0344. The summed E-state index contributed by atoms with van der Waals surface area (Å²) < 4.78 is 16.5. The number of carbonyl (C=O) groups excluding carboxylic acids is 2. The average Bonchev–Trinajstić information content (AvgIpc) is 3.50. The summed E-state index contributed by atoms with van der Waals surface area (Å²) in [5.41, 5.74) is 2.75. The second kappa shape index (κ2) is 11.7. The van der Waals surface area contributed by atoms with Gasteiger partial charge in [-0.25, -0.2) is 0 Å². The van der Waals surface area contributed by atoms with Crippen LogP contribution in [0.1, 0.15) is 36.6 Å².